The molecule has 1 aromatic heterocycles. The van der Waals surface area contributed by atoms with Crippen LogP contribution in [0.15, 0.2) is 29.2 Å². The van der Waals surface area contributed by atoms with Crippen LogP contribution in [0.3, 0.4) is 0 Å². The van der Waals surface area contributed by atoms with Crippen LogP contribution in [-0.4, -0.2) is 51.2 Å². The van der Waals surface area contributed by atoms with Crippen LogP contribution in [0.2, 0.25) is 0 Å². The predicted octanol–water partition coefficient (Wildman–Crippen LogP) is 2.37. The zero-order valence-corrected chi connectivity index (χ0v) is 18.9. The number of aryl methyl sites for hydroxylation is 1. The van der Waals surface area contributed by atoms with Crippen molar-refractivity contribution in [1.82, 2.24) is 4.31 Å². The summed E-state index contributed by atoms with van der Waals surface area (Å²) in [5.41, 5.74) is 1.25. The van der Waals surface area contributed by atoms with Crippen molar-refractivity contribution >= 4 is 49.8 Å². The van der Waals surface area contributed by atoms with E-state index < -0.39 is 28.5 Å². The van der Waals surface area contributed by atoms with Gasteiger partial charge in [-0.2, -0.15) is 0 Å². The first-order valence-corrected chi connectivity index (χ1v) is 11.1. The third-order valence-corrected chi connectivity index (χ3v) is 7.08. The maximum absolute atomic E-state index is 12.4. The Morgan fingerprint density at radius 2 is 1.67 bits per heavy atom. The minimum Gasteiger partial charge on any atom is -0.452 e. The molecular formula is C19H23N3O6S2. The Hall–Kier alpha value is -2.76. The summed E-state index contributed by atoms with van der Waals surface area (Å²) in [6.45, 7) is 4.35. The number of hydrogen-bond acceptors (Lipinski definition) is 7. The molecule has 1 heterocycles. The van der Waals surface area contributed by atoms with E-state index >= 15 is 0 Å². The van der Waals surface area contributed by atoms with Crippen molar-refractivity contribution < 1.29 is 27.5 Å². The third-order valence-electron chi connectivity index (χ3n) is 4.13. The summed E-state index contributed by atoms with van der Waals surface area (Å²) >= 11 is 1.25. The molecule has 0 aliphatic rings. The Bertz CT molecular complexity index is 1070. The highest BCUT2D eigenvalue weighted by Gasteiger charge is 2.22. The number of amides is 2. The lowest BCUT2D eigenvalue weighted by molar-refractivity contribution is -0.119. The summed E-state index contributed by atoms with van der Waals surface area (Å²) in [7, 11) is -0.719. The van der Waals surface area contributed by atoms with Gasteiger partial charge in [0.2, 0.25) is 15.9 Å². The number of anilines is 2. The van der Waals surface area contributed by atoms with E-state index in [-0.39, 0.29) is 16.4 Å². The van der Waals surface area contributed by atoms with Crippen LogP contribution < -0.4 is 10.6 Å². The van der Waals surface area contributed by atoms with E-state index in [0.717, 1.165) is 9.18 Å². The summed E-state index contributed by atoms with van der Waals surface area (Å²) < 4.78 is 30.3. The van der Waals surface area contributed by atoms with Crippen LogP contribution in [0.4, 0.5) is 10.7 Å². The molecule has 0 aliphatic heterocycles. The molecule has 0 saturated heterocycles. The first-order chi connectivity index (χ1) is 13.9. The lowest BCUT2D eigenvalue weighted by Gasteiger charge is -2.12. The van der Waals surface area contributed by atoms with Gasteiger partial charge in [-0.1, -0.05) is 0 Å². The number of carbonyl (C=O) groups is 3. The van der Waals surface area contributed by atoms with E-state index in [9.17, 15) is 22.8 Å². The number of ether oxygens (including phenoxy) is 1. The van der Waals surface area contributed by atoms with Crippen molar-refractivity contribution in [1.29, 1.82) is 0 Å². The van der Waals surface area contributed by atoms with Crippen molar-refractivity contribution in [2.75, 3.05) is 31.3 Å². The molecule has 0 fully saturated rings. The molecule has 11 heteroatoms. The molecule has 2 N–H and O–H groups in total. The maximum atomic E-state index is 12.4. The zero-order chi connectivity index (χ0) is 22.6. The number of carbonyl (C=O) groups excluding carboxylic acids is 3. The molecule has 0 radical (unpaired) electrons. The van der Waals surface area contributed by atoms with Crippen LogP contribution in [0.1, 0.15) is 27.7 Å². The molecule has 1 aromatic carbocycles. The first kappa shape index (κ1) is 23.5. The molecule has 0 atom stereocenters. The fourth-order valence-corrected chi connectivity index (χ4v) is 4.44. The molecule has 0 saturated carbocycles. The van der Waals surface area contributed by atoms with Crippen molar-refractivity contribution in [2.24, 2.45) is 0 Å². The number of benzene rings is 1. The monoisotopic (exact) mass is 453 g/mol. The molecule has 0 unspecified atom stereocenters. The molecule has 0 bridgehead atoms. The van der Waals surface area contributed by atoms with Gasteiger partial charge in [0.15, 0.2) is 6.61 Å². The molecule has 0 aliphatic carbocycles. The van der Waals surface area contributed by atoms with Crippen molar-refractivity contribution in [3.05, 3.63) is 40.3 Å². The zero-order valence-electron chi connectivity index (χ0n) is 17.2. The minimum absolute atomic E-state index is 0.0886. The van der Waals surface area contributed by atoms with Gasteiger partial charge in [-0.3, -0.25) is 9.59 Å². The van der Waals surface area contributed by atoms with E-state index in [4.69, 9.17) is 4.74 Å². The smallest absolute Gasteiger partial charge is 0.341 e. The van der Waals surface area contributed by atoms with Crippen LogP contribution in [-0.2, 0) is 24.3 Å². The fourth-order valence-electron chi connectivity index (χ4n) is 2.44. The van der Waals surface area contributed by atoms with Gasteiger partial charge in [0, 0.05) is 31.6 Å². The number of nitrogens with zero attached hydrogens (tertiary/aromatic N) is 1. The number of rotatable bonds is 7. The molecule has 0 spiro atoms. The Morgan fingerprint density at radius 1 is 1.07 bits per heavy atom. The third kappa shape index (κ3) is 5.43. The number of esters is 1. The molecule has 2 amide bonds. The highest BCUT2D eigenvalue weighted by Crippen LogP contribution is 2.33. The second kappa shape index (κ2) is 9.37. The van der Waals surface area contributed by atoms with Crippen LogP contribution in [0.25, 0.3) is 0 Å². The normalized spacial score (nSPS) is 11.3. The number of thiophene rings is 1. The van der Waals surface area contributed by atoms with Gasteiger partial charge in [-0.05, 0) is 43.7 Å². The van der Waals surface area contributed by atoms with Crippen molar-refractivity contribution in [2.45, 2.75) is 25.7 Å². The Morgan fingerprint density at radius 3 is 2.20 bits per heavy atom. The van der Waals surface area contributed by atoms with E-state index in [1.165, 1.54) is 56.6 Å². The number of sulfonamides is 1. The van der Waals surface area contributed by atoms with Gasteiger partial charge in [0.25, 0.3) is 5.91 Å². The molecule has 30 heavy (non-hydrogen) atoms. The average molecular weight is 454 g/mol. The van der Waals surface area contributed by atoms with Gasteiger partial charge in [0.05, 0.1) is 10.5 Å². The highest BCUT2D eigenvalue weighted by atomic mass is 32.2. The quantitative estimate of drug-likeness (QED) is 0.621. The molecule has 9 nitrogen and oxygen atoms in total. The van der Waals surface area contributed by atoms with E-state index in [2.05, 4.69) is 10.6 Å². The summed E-state index contributed by atoms with van der Waals surface area (Å²) in [4.78, 5) is 36.8. The van der Waals surface area contributed by atoms with Crippen LogP contribution in [0, 0.1) is 13.8 Å². The molecule has 162 valence electrons. The number of nitrogens with one attached hydrogen (secondary N) is 2. The summed E-state index contributed by atoms with van der Waals surface area (Å²) in [5, 5.41) is 5.50. The standard InChI is InChI=1S/C19H23N3O6S2/c1-11-12(2)29-18(20-13(3)23)17(11)19(25)28-10-16(24)21-14-6-8-15(9-7-14)30(26,27)22(4)5/h6-9H,10H2,1-5H3,(H,20,23)(H,21,24). The van der Waals surface area contributed by atoms with Gasteiger partial charge in [-0.15, -0.1) is 11.3 Å². The molecule has 2 rings (SSSR count). The van der Waals surface area contributed by atoms with E-state index in [1.807, 2.05) is 6.92 Å². The van der Waals surface area contributed by atoms with Crippen molar-refractivity contribution in [3.8, 4) is 0 Å². The van der Waals surface area contributed by atoms with Gasteiger partial charge in [0.1, 0.15) is 5.00 Å². The fraction of sp³-hybridized carbons (Fsp3) is 0.316. The second-order valence-electron chi connectivity index (χ2n) is 6.60. The highest BCUT2D eigenvalue weighted by molar-refractivity contribution is 7.89. The SMILES string of the molecule is CC(=O)Nc1sc(C)c(C)c1C(=O)OCC(=O)Nc1ccc(S(=O)(=O)N(C)C)cc1. The van der Waals surface area contributed by atoms with E-state index in [0.29, 0.717) is 16.3 Å². The van der Waals surface area contributed by atoms with Crippen LogP contribution >= 0.6 is 11.3 Å². The lowest BCUT2D eigenvalue weighted by Crippen LogP contribution is -2.23. The lowest BCUT2D eigenvalue weighted by atomic mass is 10.1. The first-order valence-electron chi connectivity index (χ1n) is 8.80. The predicted molar refractivity (Wildman–Crippen MR) is 114 cm³/mol. The van der Waals surface area contributed by atoms with Crippen molar-refractivity contribution in [3.63, 3.8) is 0 Å². The van der Waals surface area contributed by atoms with E-state index in [1.54, 1.807) is 6.92 Å². The summed E-state index contributed by atoms with van der Waals surface area (Å²) in [6, 6.07) is 5.62. The van der Waals surface area contributed by atoms with Gasteiger partial charge < -0.3 is 15.4 Å². The van der Waals surface area contributed by atoms with Gasteiger partial charge in [-0.25, -0.2) is 17.5 Å². The maximum Gasteiger partial charge on any atom is 0.341 e. The Kier molecular flexibility index (Phi) is 7.34. The van der Waals surface area contributed by atoms with Crippen LogP contribution in [0.5, 0.6) is 0 Å². The summed E-state index contributed by atoms with van der Waals surface area (Å²) in [5.74, 6) is -1.62. The minimum atomic E-state index is -3.57. The molecular weight excluding hydrogens is 430 g/mol. The summed E-state index contributed by atoms with van der Waals surface area (Å²) in [6.07, 6.45) is 0. The average Bonchev–Trinajstić information content (AvgIpc) is 2.93. The topological polar surface area (TPSA) is 122 Å². The Balaban J connectivity index is 2.02. The van der Waals surface area contributed by atoms with Gasteiger partial charge >= 0.3 is 5.97 Å². The Labute approximate surface area is 179 Å². The largest absolute Gasteiger partial charge is 0.452 e. The second-order valence-corrected chi connectivity index (χ2v) is 9.98. The number of hydrogen-bond donors (Lipinski definition) is 2. The molecule has 2 aromatic rings.